The van der Waals surface area contributed by atoms with Crippen LogP contribution in [0.4, 0.5) is 0 Å². The van der Waals surface area contributed by atoms with Crippen molar-refractivity contribution in [2.45, 2.75) is 25.4 Å². The van der Waals surface area contributed by atoms with Gasteiger partial charge >= 0.3 is 0 Å². The van der Waals surface area contributed by atoms with Crippen LogP contribution in [0.15, 0.2) is 39.6 Å². The highest BCUT2D eigenvalue weighted by molar-refractivity contribution is 5.59. The largest absolute Gasteiger partial charge is 0.467 e. The van der Waals surface area contributed by atoms with E-state index in [1.165, 1.54) is 12.8 Å². The van der Waals surface area contributed by atoms with Crippen LogP contribution in [-0.4, -0.2) is 6.04 Å². The molecular weight excluding hydrogens is 190 g/mol. The second kappa shape index (κ2) is 3.59. The molecule has 0 atom stereocenters. The van der Waals surface area contributed by atoms with Crippen LogP contribution in [0.25, 0.3) is 11.3 Å². The number of furan rings is 2. The molecule has 1 fully saturated rings. The molecule has 0 spiro atoms. The van der Waals surface area contributed by atoms with Crippen molar-refractivity contribution in [1.29, 1.82) is 0 Å². The molecule has 0 aliphatic heterocycles. The summed E-state index contributed by atoms with van der Waals surface area (Å²) in [6, 6.07) is 6.48. The van der Waals surface area contributed by atoms with Gasteiger partial charge in [-0.2, -0.15) is 0 Å². The second-order valence-electron chi connectivity index (χ2n) is 3.89. The van der Waals surface area contributed by atoms with Crippen LogP contribution in [0.1, 0.15) is 18.6 Å². The zero-order chi connectivity index (χ0) is 10.1. The summed E-state index contributed by atoms with van der Waals surface area (Å²) in [5, 5.41) is 3.43. The fraction of sp³-hybridized carbons (Fsp3) is 0.333. The SMILES string of the molecule is c1coc(-c2ccoc2CNC2CC2)c1. The van der Waals surface area contributed by atoms with Gasteiger partial charge in [-0.15, -0.1) is 0 Å². The fourth-order valence-corrected chi connectivity index (χ4v) is 1.65. The molecule has 0 bridgehead atoms. The Morgan fingerprint density at radius 1 is 1.20 bits per heavy atom. The molecule has 0 unspecified atom stereocenters. The average molecular weight is 203 g/mol. The van der Waals surface area contributed by atoms with Crippen molar-refractivity contribution in [2.24, 2.45) is 0 Å². The van der Waals surface area contributed by atoms with Crippen LogP contribution in [-0.2, 0) is 6.54 Å². The molecule has 2 aromatic heterocycles. The van der Waals surface area contributed by atoms with Gasteiger partial charge in [-0.25, -0.2) is 0 Å². The zero-order valence-corrected chi connectivity index (χ0v) is 8.40. The first-order chi connectivity index (χ1) is 7.43. The van der Waals surface area contributed by atoms with Gasteiger partial charge in [0.1, 0.15) is 11.5 Å². The van der Waals surface area contributed by atoms with Gasteiger partial charge in [0.25, 0.3) is 0 Å². The minimum absolute atomic E-state index is 0.694. The van der Waals surface area contributed by atoms with Gasteiger partial charge in [0.15, 0.2) is 0 Å². The van der Waals surface area contributed by atoms with Crippen molar-refractivity contribution in [3.63, 3.8) is 0 Å². The quantitative estimate of drug-likeness (QED) is 0.830. The van der Waals surface area contributed by atoms with Crippen LogP contribution >= 0.6 is 0 Å². The van der Waals surface area contributed by atoms with E-state index in [9.17, 15) is 0 Å². The maximum atomic E-state index is 5.44. The number of nitrogens with one attached hydrogen (secondary N) is 1. The second-order valence-corrected chi connectivity index (χ2v) is 3.89. The minimum Gasteiger partial charge on any atom is -0.467 e. The predicted octanol–water partition coefficient (Wildman–Crippen LogP) is 2.79. The Morgan fingerprint density at radius 2 is 2.13 bits per heavy atom. The smallest absolute Gasteiger partial charge is 0.137 e. The van der Waals surface area contributed by atoms with Crippen LogP contribution in [0.2, 0.25) is 0 Å². The van der Waals surface area contributed by atoms with E-state index in [1.54, 1.807) is 12.5 Å². The van der Waals surface area contributed by atoms with E-state index in [4.69, 9.17) is 8.83 Å². The normalized spacial score (nSPS) is 15.7. The van der Waals surface area contributed by atoms with Gasteiger partial charge in [0.2, 0.25) is 0 Å². The van der Waals surface area contributed by atoms with Gasteiger partial charge in [-0.3, -0.25) is 0 Å². The first-order valence-corrected chi connectivity index (χ1v) is 5.27. The van der Waals surface area contributed by atoms with Crippen LogP contribution in [0.5, 0.6) is 0 Å². The minimum atomic E-state index is 0.694. The van der Waals surface area contributed by atoms with Crippen LogP contribution in [0.3, 0.4) is 0 Å². The van der Waals surface area contributed by atoms with Crippen molar-refractivity contribution in [3.8, 4) is 11.3 Å². The molecule has 78 valence electrons. The number of rotatable bonds is 4. The Bertz CT molecular complexity index is 426. The van der Waals surface area contributed by atoms with E-state index in [2.05, 4.69) is 5.32 Å². The molecule has 1 aliphatic carbocycles. The molecule has 1 aliphatic rings. The molecule has 1 saturated carbocycles. The monoisotopic (exact) mass is 203 g/mol. The summed E-state index contributed by atoms with van der Waals surface area (Å²) in [5.41, 5.74) is 1.05. The molecule has 3 nitrogen and oxygen atoms in total. The van der Waals surface area contributed by atoms with Crippen molar-refractivity contribution in [3.05, 3.63) is 36.5 Å². The summed E-state index contributed by atoms with van der Waals surface area (Å²) in [6.07, 6.45) is 5.97. The summed E-state index contributed by atoms with van der Waals surface area (Å²) in [5.74, 6) is 1.83. The van der Waals surface area contributed by atoms with E-state index in [0.29, 0.717) is 6.04 Å². The average Bonchev–Trinajstić information content (AvgIpc) is 2.79. The Kier molecular flexibility index (Phi) is 2.10. The lowest BCUT2D eigenvalue weighted by Gasteiger charge is -2.01. The van der Waals surface area contributed by atoms with E-state index in [0.717, 1.165) is 23.6 Å². The first-order valence-electron chi connectivity index (χ1n) is 5.27. The summed E-state index contributed by atoms with van der Waals surface area (Å²) in [7, 11) is 0. The van der Waals surface area contributed by atoms with E-state index in [1.807, 2.05) is 18.2 Å². The molecule has 15 heavy (non-hydrogen) atoms. The highest BCUT2D eigenvalue weighted by atomic mass is 16.3. The third kappa shape index (κ3) is 1.83. The van der Waals surface area contributed by atoms with Gasteiger partial charge in [0.05, 0.1) is 24.6 Å². The highest BCUT2D eigenvalue weighted by Crippen LogP contribution is 2.26. The van der Waals surface area contributed by atoms with Crippen LogP contribution < -0.4 is 5.32 Å². The Labute approximate surface area is 88.1 Å². The molecular formula is C12H13NO2. The molecule has 2 aromatic rings. The predicted molar refractivity (Wildman–Crippen MR) is 56.3 cm³/mol. The third-order valence-electron chi connectivity index (χ3n) is 2.66. The Hall–Kier alpha value is -1.48. The van der Waals surface area contributed by atoms with Gasteiger partial charge < -0.3 is 14.2 Å². The van der Waals surface area contributed by atoms with Crippen molar-refractivity contribution in [2.75, 3.05) is 0 Å². The Balaban J connectivity index is 1.79. The molecule has 2 heterocycles. The van der Waals surface area contributed by atoms with Gasteiger partial charge in [-0.05, 0) is 31.0 Å². The molecule has 3 rings (SSSR count). The van der Waals surface area contributed by atoms with Crippen molar-refractivity contribution >= 4 is 0 Å². The van der Waals surface area contributed by atoms with Gasteiger partial charge in [0, 0.05) is 6.04 Å². The topological polar surface area (TPSA) is 38.3 Å². The molecule has 1 N–H and O–H groups in total. The lowest BCUT2D eigenvalue weighted by molar-refractivity contribution is 0.481. The molecule has 3 heteroatoms. The van der Waals surface area contributed by atoms with Crippen LogP contribution in [0, 0.1) is 0 Å². The van der Waals surface area contributed by atoms with Gasteiger partial charge in [-0.1, -0.05) is 0 Å². The fourth-order valence-electron chi connectivity index (χ4n) is 1.65. The molecule has 0 amide bonds. The number of hydrogen-bond acceptors (Lipinski definition) is 3. The summed E-state index contributed by atoms with van der Waals surface area (Å²) in [6.45, 7) is 0.785. The summed E-state index contributed by atoms with van der Waals surface area (Å²) >= 11 is 0. The third-order valence-corrected chi connectivity index (χ3v) is 2.66. The van der Waals surface area contributed by atoms with Crippen molar-refractivity contribution < 1.29 is 8.83 Å². The molecule has 0 radical (unpaired) electrons. The van der Waals surface area contributed by atoms with E-state index < -0.39 is 0 Å². The zero-order valence-electron chi connectivity index (χ0n) is 8.40. The number of hydrogen-bond donors (Lipinski definition) is 1. The summed E-state index contributed by atoms with van der Waals surface area (Å²) in [4.78, 5) is 0. The maximum Gasteiger partial charge on any atom is 0.137 e. The highest BCUT2D eigenvalue weighted by Gasteiger charge is 2.21. The maximum absolute atomic E-state index is 5.44. The van der Waals surface area contributed by atoms with E-state index >= 15 is 0 Å². The summed E-state index contributed by atoms with van der Waals surface area (Å²) < 4.78 is 10.8. The lowest BCUT2D eigenvalue weighted by Crippen LogP contribution is -2.15. The Morgan fingerprint density at radius 3 is 2.87 bits per heavy atom. The van der Waals surface area contributed by atoms with E-state index in [-0.39, 0.29) is 0 Å². The standard InChI is InChI=1S/C12H13NO2/c1-2-11(14-6-1)10-5-7-15-12(10)8-13-9-3-4-9/h1-2,5-7,9,13H,3-4,8H2. The molecule has 0 aromatic carbocycles. The van der Waals surface area contributed by atoms with Crippen molar-refractivity contribution in [1.82, 2.24) is 5.32 Å². The molecule has 0 saturated heterocycles. The first kappa shape index (κ1) is 8.80. The lowest BCUT2D eigenvalue weighted by atomic mass is 10.2.